The summed E-state index contributed by atoms with van der Waals surface area (Å²) in [5.41, 5.74) is 13.3. The maximum Gasteiger partial charge on any atom is 0.229 e. The number of amidine groups is 1. The molecular formula is C77H121N6O4PS. The highest BCUT2D eigenvalue weighted by Crippen LogP contribution is 2.84. The first-order valence-electron chi connectivity index (χ1n) is 34.0. The van der Waals surface area contributed by atoms with Crippen molar-refractivity contribution in [3.05, 3.63) is 149 Å². The molecule has 10 nitrogen and oxygen atoms in total. The summed E-state index contributed by atoms with van der Waals surface area (Å²) in [6.45, 7) is 52.6. The molecule has 4 aliphatic rings. The fourth-order valence-electron chi connectivity index (χ4n) is 11.9. The Balaban J connectivity index is 0.000000350. The lowest BCUT2D eigenvalue weighted by atomic mass is 9.96. The van der Waals surface area contributed by atoms with Crippen LogP contribution < -0.4 is 5.30 Å². The summed E-state index contributed by atoms with van der Waals surface area (Å²) in [5.74, 6) is 9.64. The van der Waals surface area contributed by atoms with Gasteiger partial charge >= 0.3 is 0 Å². The Labute approximate surface area is 545 Å². The average molecular weight is 1260 g/mol. The zero-order valence-electron chi connectivity index (χ0n) is 59.5. The number of carbonyl (C=O) groups excluding carboxylic acids is 2. The van der Waals surface area contributed by atoms with Gasteiger partial charge in [0, 0.05) is 59.5 Å². The van der Waals surface area contributed by atoms with E-state index in [0.717, 1.165) is 62.8 Å². The molecule has 4 aromatic rings. The molecular weight excluding hydrogens is 1140 g/mol. The number of nitrogens with zero attached hydrogens (tertiary/aromatic N) is 6. The van der Waals surface area contributed by atoms with Gasteiger partial charge in [-0.2, -0.15) is 10.2 Å². The number of hydrogen-bond donors (Lipinski definition) is 0. The Bertz CT molecular complexity index is 3000. The summed E-state index contributed by atoms with van der Waals surface area (Å²) < 4.78 is 12.5. The standard InChI is InChI=1S/C30H37N2O3PS.C24H30N4O.C9H20.2C6H14.C2H6/c1-5-34-21-35-23(4)17-26-20-31-32-12-11-24(18-28(26)32)27-10-9-25(30(33)22(2)3)19-29(27)36-13-16-37(36)14-7-6-8-15-37;1-14-9-11-21(12-10-14)23-22-17(4)16(3)18(5)24(22)28(19(6)25-8)20(7)27(26-23)13-15(2)29;1-4-7-9(6-3)8-5-2;2*1-4-5-6(2)3;1-2/h5,9-12,18-20,22H,1,4,6-8,13-17,21H2,2-3H3;9-12,18H,7,13H2,1-6,8H3;9H,4-8H2,1-3H3;2*6H,4-5H2,1-3H3;1-2H3. The quantitative estimate of drug-likeness (QED) is 0.0147. The molecule has 2 atom stereocenters. The molecule has 1 aliphatic carbocycles. The van der Waals surface area contributed by atoms with Gasteiger partial charge in [0.2, 0.25) is 6.79 Å². The van der Waals surface area contributed by atoms with Gasteiger partial charge in [-0.15, -0.1) is 0 Å². The predicted octanol–water partition coefficient (Wildman–Crippen LogP) is 21.2. The molecule has 494 valence electrons. The van der Waals surface area contributed by atoms with E-state index < -0.39 is 9.65 Å². The number of fused-ring (bicyclic) bond motifs is 1. The number of allylic oxidation sites excluding steroid dienone is 4. The molecule has 5 heterocycles. The second-order valence-corrected chi connectivity index (χ2v) is 33.9. The maximum absolute atomic E-state index is 13.0. The molecule has 2 saturated heterocycles. The number of ether oxygens (including phenoxy) is 2. The smallest absolute Gasteiger partial charge is 0.229 e. The summed E-state index contributed by atoms with van der Waals surface area (Å²) in [7, 11) is 1.00. The first-order valence-corrected chi connectivity index (χ1v) is 38.2. The topological polar surface area (TPSA) is 101 Å². The van der Waals surface area contributed by atoms with E-state index in [0.29, 0.717) is 18.0 Å². The highest BCUT2D eigenvalue weighted by atomic mass is 32.8. The van der Waals surface area contributed by atoms with Crippen molar-refractivity contribution in [2.75, 3.05) is 43.8 Å². The van der Waals surface area contributed by atoms with E-state index in [1.54, 1.807) is 19.0 Å². The van der Waals surface area contributed by atoms with Crippen molar-refractivity contribution in [2.45, 2.75) is 215 Å². The Morgan fingerprint density at radius 2 is 1.43 bits per heavy atom. The van der Waals surface area contributed by atoms with Crippen LogP contribution in [0.25, 0.3) is 16.6 Å². The minimum absolute atomic E-state index is 0.00163. The van der Waals surface area contributed by atoms with Crippen molar-refractivity contribution in [1.29, 1.82) is 0 Å². The Morgan fingerprint density at radius 1 is 0.820 bits per heavy atom. The summed E-state index contributed by atoms with van der Waals surface area (Å²) in [6.07, 6.45) is 23.6. The number of aliphatic imine (C=N–C) groups is 1. The number of hydrazone groups is 1. The highest BCUT2D eigenvalue weighted by Gasteiger charge is 2.44. The lowest BCUT2D eigenvalue weighted by Crippen LogP contribution is -2.37. The van der Waals surface area contributed by atoms with Gasteiger partial charge in [-0.3, -0.25) is 19.5 Å². The van der Waals surface area contributed by atoms with Gasteiger partial charge in [0.05, 0.1) is 23.7 Å². The molecule has 0 amide bonds. The third-order valence-electron chi connectivity index (χ3n) is 17.1. The number of aryl methyl sites for hydroxylation is 1. The van der Waals surface area contributed by atoms with Crippen LogP contribution in [0.1, 0.15) is 229 Å². The van der Waals surface area contributed by atoms with E-state index in [-0.39, 0.29) is 43.9 Å². The molecule has 0 radical (unpaired) electrons. The Hall–Kier alpha value is -5.51. The molecule has 3 aliphatic heterocycles. The number of Topliss-reactive ketones (excluding diaryl/α,β-unsaturated/α-hetero) is 2. The lowest BCUT2D eigenvalue weighted by Gasteiger charge is -2.58. The number of ketones is 2. The van der Waals surface area contributed by atoms with Crippen molar-refractivity contribution >= 4 is 50.7 Å². The fraction of sp³-hybridized carbons (Fsp3) is 0.571. The van der Waals surface area contributed by atoms with Crippen molar-refractivity contribution in [2.24, 2.45) is 39.7 Å². The van der Waals surface area contributed by atoms with Gasteiger partial charge in [-0.05, 0) is 136 Å². The van der Waals surface area contributed by atoms with E-state index >= 15 is 0 Å². The van der Waals surface area contributed by atoms with Gasteiger partial charge in [0.1, 0.15) is 23.9 Å². The first-order chi connectivity index (χ1) is 42.5. The molecule has 0 N–H and O–H groups in total. The highest BCUT2D eigenvalue weighted by molar-refractivity contribution is 8.81. The second-order valence-electron chi connectivity index (χ2n) is 25.4. The van der Waals surface area contributed by atoms with Crippen LogP contribution >= 0.6 is 16.8 Å². The van der Waals surface area contributed by atoms with Gasteiger partial charge in [-0.1, -0.05) is 228 Å². The van der Waals surface area contributed by atoms with Crippen molar-refractivity contribution in [3.63, 3.8) is 0 Å². The Kier molecular flexibility index (Phi) is 34.7. The molecule has 1 spiro atoms. The number of benzene rings is 2. The normalized spacial score (nSPS) is 17.1. The average Bonchev–Trinajstić information content (AvgIpc) is 1.74. The molecule has 2 aromatic carbocycles. The van der Waals surface area contributed by atoms with Crippen molar-refractivity contribution in [3.8, 4) is 11.1 Å². The molecule has 2 fully saturated rings. The van der Waals surface area contributed by atoms with E-state index in [1.165, 1.54) is 140 Å². The minimum Gasteiger partial charge on any atom is -0.466 e. The largest absolute Gasteiger partial charge is 0.466 e. The number of aromatic nitrogens is 2. The zero-order chi connectivity index (χ0) is 66.5. The molecule has 89 heavy (non-hydrogen) atoms. The number of rotatable bonds is 22. The lowest BCUT2D eigenvalue weighted by molar-refractivity contribution is -0.117. The van der Waals surface area contributed by atoms with Crippen LogP contribution in [-0.2, 0) is 20.7 Å². The summed E-state index contributed by atoms with van der Waals surface area (Å²) >= 11 is 0. The van der Waals surface area contributed by atoms with Crippen LogP contribution in [0.2, 0.25) is 0 Å². The summed E-state index contributed by atoms with van der Waals surface area (Å²) in [5, 5.41) is 12.7. The first kappa shape index (κ1) is 77.7. The van der Waals surface area contributed by atoms with E-state index in [4.69, 9.17) is 14.6 Å². The zero-order valence-corrected chi connectivity index (χ0v) is 61.3. The third-order valence-corrected chi connectivity index (χ3v) is 28.5. The van der Waals surface area contributed by atoms with Crippen LogP contribution in [-0.4, -0.2) is 86.4 Å². The molecule has 8 rings (SSSR count). The number of pyridine rings is 1. The van der Waals surface area contributed by atoms with Crippen LogP contribution in [0.4, 0.5) is 0 Å². The van der Waals surface area contributed by atoms with E-state index in [2.05, 4.69) is 173 Å². The van der Waals surface area contributed by atoms with Crippen molar-refractivity contribution in [1.82, 2.24) is 19.5 Å². The summed E-state index contributed by atoms with van der Waals surface area (Å²) in [6, 6.07) is 19.3. The number of hydrogen-bond acceptors (Lipinski definition) is 8. The Morgan fingerprint density at radius 3 is 1.92 bits per heavy atom. The molecule has 2 unspecified atom stereocenters. The predicted molar refractivity (Wildman–Crippen MR) is 391 cm³/mol. The molecule has 0 saturated carbocycles. The van der Waals surface area contributed by atoms with Gasteiger partial charge < -0.3 is 9.47 Å². The molecule has 2 aromatic heterocycles. The van der Waals surface area contributed by atoms with E-state index in [9.17, 15) is 9.59 Å². The van der Waals surface area contributed by atoms with Gasteiger partial charge in [-0.25, -0.2) is 19.2 Å². The number of carbonyl (C=O) groups is 2. The molecule has 0 bridgehead atoms. The van der Waals surface area contributed by atoms with Crippen LogP contribution in [0.5, 0.6) is 0 Å². The fourth-order valence-corrected chi connectivity index (χ4v) is 23.2. The summed E-state index contributed by atoms with van der Waals surface area (Å²) in [4.78, 5) is 31.5. The second kappa shape index (κ2) is 39.7. The van der Waals surface area contributed by atoms with E-state index in [1.807, 2.05) is 57.6 Å². The maximum atomic E-state index is 13.0. The van der Waals surface area contributed by atoms with Gasteiger partial charge in [0.15, 0.2) is 11.6 Å². The van der Waals surface area contributed by atoms with Crippen molar-refractivity contribution < 1.29 is 19.1 Å². The third kappa shape index (κ3) is 22.4. The monoisotopic (exact) mass is 1260 g/mol. The van der Waals surface area contributed by atoms with Crippen LogP contribution in [0.3, 0.4) is 0 Å². The van der Waals surface area contributed by atoms with Gasteiger partial charge in [0.25, 0.3) is 0 Å². The van der Waals surface area contributed by atoms with Crippen LogP contribution in [0, 0.1) is 36.5 Å². The molecule has 12 heteroatoms. The minimum atomic E-state index is -0.563. The van der Waals surface area contributed by atoms with Crippen LogP contribution in [0.15, 0.2) is 137 Å². The SMILES string of the molecule is C=C1N(CC(C)=O)N=C(c2ccc(C)cc2)C2=C(C(C)C(C)=C2C)N1C(C)=NC.C=COCOC(=C)Cc1cnn2ccc(-c3ccc(C(=O)C(C)C)cc3P3CCS34CCCCC4)cc12.CC.CCCC(C)C.CCCC(C)C.CCCC(CC)CCC.